The van der Waals surface area contributed by atoms with E-state index in [0.29, 0.717) is 29.8 Å². The Hall–Kier alpha value is -3.60. The molecule has 1 aromatic heterocycles. The van der Waals surface area contributed by atoms with Crippen molar-refractivity contribution in [3.63, 3.8) is 0 Å². The van der Waals surface area contributed by atoms with Crippen molar-refractivity contribution < 1.29 is 14.0 Å². The predicted octanol–water partition coefficient (Wildman–Crippen LogP) is 5.92. The number of hydrogen-bond donors (Lipinski definition) is 0. The molecular formula is C25H24N2O3. The van der Waals surface area contributed by atoms with Gasteiger partial charge in [0.05, 0.1) is 7.11 Å². The molecule has 0 spiro atoms. The van der Waals surface area contributed by atoms with Crippen molar-refractivity contribution in [1.82, 2.24) is 10.1 Å². The molecule has 0 saturated carbocycles. The van der Waals surface area contributed by atoms with Gasteiger partial charge in [0.2, 0.25) is 5.82 Å². The molecule has 0 aliphatic heterocycles. The molecule has 0 unspecified atom stereocenters. The zero-order chi connectivity index (χ0) is 21.1. The van der Waals surface area contributed by atoms with Gasteiger partial charge in [0.15, 0.2) is 11.5 Å². The number of aromatic nitrogens is 2. The van der Waals surface area contributed by atoms with Crippen molar-refractivity contribution in [3.8, 4) is 34.3 Å². The lowest BCUT2D eigenvalue weighted by molar-refractivity contribution is 0.284. The van der Waals surface area contributed by atoms with E-state index in [0.717, 1.165) is 22.3 Å². The third-order valence-corrected chi connectivity index (χ3v) is 5.19. The molecule has 0 bridgehead atoms. The minimum atomic E-state index is 0.469. The summed E-state index contributed by atoms with van der Waals surface area (Å²) in [5.74, 6) is 2.30. The number of rotatable bonds is 6. The van der Waals surface area contributed by atoms with Crippen LogP contribution in [0.3, 0.4) is 0 Å². The highest BCUT2D eigenvalue weighted by molar-refractivity contribution is 5.64. The van der Waals surface area contributed by atoms with Crippen LogP contribution in [-0.4, -0.2) is 17.3 Å². The summed E-state index contributed by atoms with van der Waals surface area (Å²) in [7, 11) is 1.62. The summed E-state index contributed by atoms with van der Waals surface area (Å²) in [6.45, 7) is 6.69. The summed E-state index contributed by atoms with van der Waals surface area (Å²) in [4.78, 5) is 4.55. The van der Waals surface area contributed by atoms with E-state index in [2.05, 4.69) is 42.2 Å². The van der Waals surface area contributed by atoms with Crippen molar-refractivity contribution >= 4 is 0 Å². The summed E-state index contributed by atoms with van der Waals surface area (Å²) in [5.41, 5.74) is 6.45. The monoisotopic (exact) mass is 400 g/mol. The fraction of sp³-hybridized carbons (Fsp3) is 0.200. The minimum absolute atomic E-state index is 0.469. The number of nitrogens with zero attached hydrogens (tertiary/aromatic N) is 2. The molecule has 5 nitrogen and oxygen atoms in total. The van der Waals surface area contributed by atoms with E-state index in [4.69, 9.17) is 14.0 Å². The molecule has 0 N–H and O–H groups in total. The summed E-state index contributed by atoms with van der Waals surface area (Å²) < 4.78 is 17.0. The maximum atomic E-state index is 6.00. The summed E-state index contributed by atoms with van der Waals surface area (Å²) in [5, 5.41) is 4.14. The lowest BCUT2D eigenvalue weighted by Crippen LogP contribution is -1.99. The molecule has 0 radical (unpaired) electrons. The van der Waals surface area contributed by atoms with E-state index >= 15 is 0 Å². The molecule has 0 atom stereocenters. The Labute approximate surface area is 176 Å². The second kappa shape index (κ2) is 8.41. The van der Waals surface area contributed by atoms with E-state index in [1.54, 1.807) is 7.11 Å². The smallest absolute Gasteiger partial charge is 0.258 e. The molecule has 3 aromatic carbocycles. The van der Waals surface area contributed by atoms with Crippen LogP contribution in [0.2, 0.25) is 0 Å². The zero-order valence-electron chi connectivity index (χ0n) is 17.6. The van der Waals surface area contributed by atoms with Crippen molar-refractivity contribution in [2.24, 2.45) is 0 Å². The summed E-state index contributed by atoms with van der Waals surface area (Å²) >= 11 is 0. The number of methoxy groups -OCH3 is 1. The van der Waals surface area contributed by atoms with Gasteiger partial charge in [-0.2, -0.15) is 4.98 Å². The number of hydrogen-bond acceptors (Lipinski definition) is 5. The van der Waals surface area contributed by atoms with Gasteiger partial charge < -0.3 is 14.0 Å². The van der Waals surface area contributed by atoms with E-state index in [-0.39, 0.29) is 0 Å². The SMILES string of the molecule is COc1cc(-c2noc(-c3ccccc3C)n2)ccc1OCc1ccc(C)c(C)c1. The van der Waals surface area contributed by atoms with Crippen LogP contribution in [0.5, 0.6) is 11.5 Å². The molecule has 4 rings (SSSR count). The van der Waals surface area contributed by atoms with Crippen molar-refractivity contribution in [1.29, 1.82) is 0 Å². The maximum absolute atomic E-state index is 6.00. The van der Waals surface area contributed by atoms with Gasteiger partial charge in [0.1, 0.15) is 6.61 Å². The molecule has 0 saturated heterocycles. The highest BCUT2D eigenvalue weighted by Gasteiger charge is 2.15. The van der Waals surface area contributed by atoms with Crippen molar-refractivity contribution in [3.05, 3.63) is 82.9 Å². The fourth-order valence-corrected chi connectivity index (χ4v) is 3.24. The molecule has 5 heteroatoms. The minimum Gasteiger partial charge on any atom is -0.493 e. The third-order valence-electron chi connectivity index (χ3n) is 5.19. The van der Waals surface area contributed by atoms with Gasteiger partial charge >= 0.3 is 0 Å². The Morgan fingerprint density at radius 3 is 2.43 bits per heavy atom. The molecule has 4 aromatic rings. The molecule has 0 amide bonds. The Morgan fingerprint density at radius 2 is 1.67 bits per heavy atom. The van der Waals surface area contributed by atoms with E-state index in [9.17, 15) is 0 Å². The molecule has 30 heavy (non-hydrogen) atoms. The van der Waals surface area contributed by atoms with Gasteiger partial charge in [-0.25, -0.2) is 0 Å². The maximum Gasteiger partial charge on any atom is 0.258 e. The van der Waals surface area contributed by atoms with Crippen molar-refractivity contribution in [2.75, 3.05) is 7.11 Å². The van der Waals surface area contributed by atoms with Gasteiger partial charge in [0.25, 0.3) is 5.89 Å². The van der Waals surface area contributed by atoms with Crippen LogP contribution in [0.1, 0.15) is 22.3 Å². The predicted molar refractivity (Wildman–Crippen MR) is 117 cm³/mol. The van der Waals surface area contributed by atoms with Crippen LogP contribution in [0, 0.1) is 20.8 Å². The van der Waals surface area contributed by atoms with Crippen LogP contribution in [0.25, 0.3) is 22.8 Å². The first-order chi connectivity index (χ1) is 14.5. The van der Waals surface area contributed by atoms with Gasteiger partial charge in [-0.3, -0.25) is 0 Å². The Bertz CT molecular complexity index is 1180. The molecule has 0 fully saturated rings. The normalized spacial score (nSPS) is 10.8. The molecule has 0 aliphatic carbocycles. The number of aryl methyl sites for hydroxylation is 3. The molecular weight excluding hydrogens is 376 g/mol. The second-order valence-electron chi connectivity index (χ2n) is 7.31. The quantitative estimate of drug-likeness (QED) is 0.402. The first-order valence-corrected chi connectivity index (χ1v) is 9.82. The highest BCUT2D eigenvalue weighted by atomic mass is 16.5. The zero-order valence-corrected chi connectivity index (χ0v) is 17.6. The Balaban J connectivity index is 1.55. The van der Waals surface area contributed by atoms with E-state index < -0.39 is 0 Å². The van der Waals surface area contributed by atoms with Gasteiger partial charge in [0, 0.05) is 11.1 Å². The first-order valence-electron chi connectivity index (χ1n) is 9.82. The molecule has 0 aliphatic rings. The molecule has 152 valence electrons. The standard InChI is InChI=1S/C25H24N2O3/c1-16-9-10-19(13-18(16)3)15-29-22-12-11-20(14-23(22)28-4)24-26-25(30-27-24)21-8-6-5-7-17(21)2/h5-14H,15H2,1-4H3. The highest BCUT2D eigenvalue weighted by Crippen LogP contribution is 2.33. The van der Waals surface area contributed by atoms with Crippen molar-refractivity contribution in [2.45, 2.75) is 27.4 Å². The fourth-order valence-electron chi connectivity index (χ4n) is 3.24. The largest absolute Gasteiger partial charge is 0.493 e. The summed E-state index contributed by atoms with van der Waals surface area (Å²) in [6.07, 6.45) is 0. The van der Waals surface area contributed by atoms with Gasteiger partial charge in [-0.05, 0) is 67.3 Å². The van der Waals surface area contributed by atoms with E-state index in [1.165, 1.54) is 11.1 Å². The van der Waals surface area contributed by atoms with Gasteiger partial charge in [-0.1, -0.05) is 41.6 Å². The average molecular weight is 400 g/mol. The first kappa shape index (κ1) is 19.7. The second-order valence-corrected chi connectivity index (χ2v) is 7.31. The van der Waals surface area contributed by atoms with Gasteiger partial charge in [-0.15, -0.1) is 0 Å². The lowest BCUT2D eigenvalue weighted by atomic mass is 10.1. The lowest BCUT2D eigenvalue weighted by Gasteiger charge is -2.12. The topological polar surface area (TPSA) is 57.4 Å². The van der Waals surface area contributed by atoms with Crippen LogP contribution < -0.4 is 9.47 Å². The van der Waals surface area contributed by atoms with E-state index in [1.807, 2.05) is 49.4 Å². The van der Waals surface area contributed by atoms with Crippen LogP contribution in [-0.2, 0) is 6.61 Å². The van der Waals surface area contributed by atoms with Crippen LogP contribution >= 0.6 is 0 Å². The summed E-state index contributed by atoms with van der Waals surface area (Å²) in [6, 6.07) is 19.9. The number of ether oxygens (including phenoxy) is 2. The third kappa shape index (κ3) is 4.06. The number of benzene rings is 3. The van der Waals surface area contributed by atoms with Crippen LogP contribution in [0.15, 0.2) is 65.2 Å². The van der Waals surface area contributed by atoms with Crippen LogP contribution in [0.4, 0.5) is 0 Å². The average Bonchev–Trinajstić information content (AvgIpc) is 3.25. The Morgan fingerprint density at radius 1 is 0.833 bits per heavy atom. The molecule has 1 heterocycles. The Kier molecular flexibility index (Phi) is 5.53.